The topological polar surface area (TPSA) is 24.9 Å². The maximum atomic E-state index is 4.00. The second-order valence-electron chi connectivity index (χ2n) is 3.36. The smallest absolute Gasteiger partial charge is 0.0797 e. The van der Waals surface area contributed by atoms with E-state index in [1.807, 2.05) is 11.7 Å². The van der Waals surface area contributed by atoms with Gasteiger partial charge in [-0.3, -0.25) is 4.98 Å². The highest BCUT2D eigenvalue weighted by molar-refractivity contribution is 7.10. The van der Waals surface area contributed by atoms with E-state index in [1.54, 1.807) is 11.3 Å². The number of rotatable bonds is 5. The van der Waals surface area contributed by atoms with Crippen molar-refractivity contribution in [2.75, 3.05) is 13.1 Å². The van der Waals surface area contributed by atoms with Crippen molar-refractivity contribution in [3.8, 4) is 0 Å². The lowest BCUT2D eigenvalue weighted by atomic mass is 10.2. The molecule has 0 aliphatic heterocycles. The molecule has 0 aromatic carbocycles. The first-order chi connectivity index (χ1) is 6.29. The first-order valence-electron chi connectivity index (χ1n) is 4.55. The fourth-order valence-corrected chi connectivity index (χ4v) is 1.48. The van der Waals surface area contributed by atoms with Gasteiger partial charge in [0.1, 0.15) is 0 Å². The van der Waals surface area contributed by atoms with Crippen LogP contribution < -0.4 is 5.32 Å². The summed E-state index contributed by atoms with van der Waals surface area (Å²) in [5.41, 5.74) is 1.85. The molecule has 0 spiro atoms. The van der Waals surface area contributed by atoms with Gasteiger partial charge in [0.15, 0.2) is 0 Å². The van der Waals surface area contributed by atoms with Gasteiger partial charge >= 0.3 is 0 Å². The van der Waals surface area contributed by atoms with Crippen LogP contribution in [0.15, 0.2) is 17.8 Å². The fourth-order valence-electron chi connectivity index (χ4n) is 0.938. The summed E-state index contributed by atoms with van der Waals surface area (Å²) < 4.78 is 0. The molecule has 72 valence electrons. The second kappa shape index (κ2) is 5.89. The molecule has 0 fully saturated rings. The van der Waals surface area contributed by atoms with Crippen molar-refractivity contribution < 1.29 is 0 Å². The molecule has 1 rings (SSSR count). The number of nitrogens with zero attached hydrogens (tertiary/aromatic N) is 1. The van der Waals surface area contributed by atoms with Crippen molar-refractivity contribution in [1.29, 1.82) is 0 Å². The van der Waals surface area contributed by atoms with E-state index in [2.05, 4.69) is 36.3 Å². The Hall–Kier alpha value is -0.670. The van der Waals surface area contributed by atoms with Gasteiger partial charge in [-0.15, -0.1) is 11.3 Å². The van der Waals surface area contributed by atoms with Gasteiger partial charge in [0.05, 0.1) is 5.51 Å². The molecule has 0 atom stereocenters. The number of hydrogen-bond acceptors (Lipinski definition) is 3. The maximum Gasteiger partial charge on any atom is 0.0797 e. The molecule has 1 aromatic heterocycles. The lowest BCUT2D eigenvalue weighted by Gasteiger charge is -2.03. The Morgan fingerprint density at radius 3 is 3.08 bits per heavy atom. The minimum atomic E-state index is 0.719. The molecule has 0 amide bonds. The van der Waals surface area contributed by atoms with Crippen LogP contribution in [0.5, 0.6) is 0 Å². The summed E-state index contributed by atoms with van der Waals surface area (Å²) in [7, 11) is 0. The third-order valence-electron chi connectivity index (χ3n) is 1.55. The largest absolute Gasteiger partial charge is 0.313 e. The summed E-state index contributed by atoms with van der Waals surface area (Å²) in [5, 5.41) is 3.34. The first-order valence-corrected chi connectivity index (χ1v) is 5.42. The molecule has 2 nitrogen and oxygen atoms in total. The van der Waals surface area contributed by atoms with E-state index in [0.29, 0.717) is 0 Å². The van der Waals surface area contributed by atoms with Gasteiger partial charge in [0, 0.05) is 17.6 Å². The van der Waals surface area contributed by atoms with Crippen LogP contribution in [-0.2, 0) is 0 Å². The predicted molar refractivity (Wildman–Crippen MR) is 58.9 cm³/mol. The van der Waals surface area contributed by atoms with Crippen LogP contribution in [0.25, 0.3) is 6.08 Å². The van der Waals surface area contributed by atoms with Crippen LogP contribution in [0.1, 0.15) is 18.7 Å². The van der Waals surface area contributed by atoms with E-state index in [4.69, 9.17) is 0 Å². The first kappa shape index (κ1) is 10.4. The van der Waals surface area contributed by atoms with Gasteiger partial charge in [-0.25, -0.2) is 0 Å². The average molecular weight is 196 g/mol. The number of thiazole rings is 1. The zero-order valence-corrected chi connectivity index (χ0v) is 8.97. The standard InChI is InChI=1S/C10H16N2S/c1-9(2)6-11-5-3-4-10-7-12-8-13-10/h3-4,7-9,11H,5-6H2,1-2H3/b4-3+. The number of aromatic nitrogens is 1. The van der Waals surface area contributed by atoms with E-state index in [-0.39, 0.29) is 0 Å². The third kappa shape index (κ3) is 4.80. The molecular weight excluding hydrogens is 180 g/mol. The van der Waals surface area contributed by atoms with Crippen molar-refractivity contribution in [3.05, 3.63) is 22.7 Å². The molecule has 0 bridgehead atoms. The molecule has 0 aliphatic carbocycles. The molecule has 0 aliphatic rings. The molecule has 0 unspecified atom stereocenters. The van der Waals surface area contributed by atoms with Crippen LogP contribution in [0.4, 0.5) is 0 Å². The maximum absolute atomic E-state index is 4.00. The monoisotopic (exact) mass is 196 g/mol. The Balaban J connectivity index is 2.12. The fraction of sp³-hybridized carbons (Fsp3) is 0.500. The van der Waals surface area contributed by atoms with Crippen LogP contribution in [0.2, 0.25) is 0 Å². The van der Waals surface area contributed by atoms with Crippen LogP contribution in [0, 0.1) is 5.92 Å². The number of nitrogens with one attached hydrogen (secondary N) is 1. The highest BCUT2D eigenvalue weighted by Crippen LogP contribution is 2.06. The SMILES string of the molecule is CC(C)CNC/C=C/c1cncs1. The molecular formula is C10H16N2S. The van der Waals surface area contributed by atoms with Gasteiger partial charge in [-0.05, 0) is 18.5 Å². The summed E-state index contributed by atoms with van der Waals surface area (Å²) in [6.07, 6.45) is 6.12. The summed E-state index contributed by atoms with van der Waals surface area (Å²) >= 11 is 1.66. The molecule has 0 saturated carbocycles. The molecule has 0 radical (unpaired) electrons. The molecule has 0 saturated heterocycles. The average Bonchev–Trinajstić information content (AvgIpc) is 2.55. The molecule has 3 heteroatoms. The second-order valence-corrected chi connectivity index (χ2v) is 4.28. The Bertz CT molecular complexity index is 239. The Morgan fingerprint density at radius 1 is 1.62 bits per heavy atom. The zero-order chi connectivity index (χ0) is 9.52. The molecule has 1 heterocycles. The van der Waals surface area contributed by atoms with Crippen molar-refractivity contribution >= 4 is 17.4 Å². The molecule has 1 aromatic rings. The number of hydrogen-bond donors (Lipinski definition) is 1. The van der Waals surface area contributed by atoms with E-state index in [1.165, 1.54) is 4.88 Å². The summed E-state index contributed by atoms with van der Waals surface area (Å²) in [4.78, 5) is 5.21. The Morgan fingerprint density at radius 2 is 2.46 bits per heavy atom. The third-order valence-corrected chi connectivity index (χ3v) is 2.29. The van der Waals surface area contributed by atoms with Crippen molar-refractivity contribution in [2.24, 2.45) is 5.92 Å². The van der Waals surface area contributed by atoms with Crippen LogP contribution in [0.3, 0.4) is 0 Å². The van der Waals surface area contributed by atoms with Crippen LogP contribution in [-0.4, -0.2) is 18.1 Å². The summed E-state index contributed by atoms with van der Waals surface area (Å²) in [6.45, 7) is 6.43. The van der Waals surface area contributed by atoms with Crippen LogP contribution >= 0.6 is 11.3 Å². The lowest BCUT2D eigenvalue weighted by molar-refractivity contribution is 0.577. The predicted octanol–water partition coefficient (Wildman–Crippen LogP) is 2.40. The van der Waals surface area contributed by atoms with Gasteiger partial charge in [0.2, 0.25) is 0 Å². The Kier molecular flexibility index (Phi) is 4.72. The molecule has 1 N–H and O–H groups in total. The van der Waals surface area contributed by atoms with Crippen molar-refractivity contribution in [2.45, 2.75) is 13.8 Å². The Labute approximate surface area is 83.7 Å². The lowest BCUT2D eigenvalue weighted by Crippen LogP contribution is -2.19. The summed E-state index contributed by atoms with van der Waals surface area (Å²) in [5.74, 6) is 0.719. The summed E-state index contributed by atoms with van der Waals surface area (Å²) in [6, 6.07) is 0. The van der Waals surface area contributed by atoms with Gasteiger partial charge in [0.25, 0.3) is 0 Å². The highest BCUT2D eigenvalue weighted by Gasteiger charge is 1.90. The minimum absolute atomic E-state index is 0.719. The van der Waals surface area contributed by atoms with E-state index >= 15 is 0 Å². The normalized spacial score (nSPS) is 11.6. The van der Waals surface area contributed by atoms with Gasteiger partial charge in [-0.2, -0.15) is 0 Å². The van der Waals surface area contributed by atoms with Gasteiger partial charge in [-0.1, -0.05) is 19.9 Å². The molecule has 13 heavy (non-hydrogen) atoms. The van der Waals surface area contributed by atoms with E-state index < -0.39 is 0 Å². The van der Waals surface area contributed by atoms with Gasteiger partial charge < -0.3 is 5.32 Å². The minimum Gasteiger partial charge on any atom is -0.313 e. The van der Waals surface area contributed by atoms with E-state index in [9.17, 15) is 0 Å². The zero-order valence-electron chi connectivity index (χ0n) is 8.16. The van der Waals surface area contributed by atoms with Crippen molar-refractivity contribution in [3.63, 3.8) is 0 Å². The quantitative estimate of drug-likeness (QED) is 0.731. The highest BCUT2D eigenvalue weighted by atomic mass is 32.1. The van der Waals surface area contributed by atoms with E-state index in [0.717, 1.165) is 19.0 Å². The van der Waals surface area contributed by atoms with Crippen molar-refractivity contribution in [1.82, 2.24) is 10.3 Å².